The maximum absolute atomic E-state index is 9.91. The number of aliphatic hydroxyl groups excluding tert-OH is 1. The van der Waals surface area contributed by atoms with Gasteiger partial charge in [0.15, 0.2) is 0 Å². The van der Waals surface area contributed by atoms with Crippen molar-refractivity contribution in [3.05, 3.63) is 43.0 Å². The molecule has 0 bridgehead atoms. The van der Waals surface area contributed by atoms with Crippen molar-refractivity contribution >= 4 is 19.4 Å². The molecule has 1 rings (SSSR count). The van der Waals surface area contributed by atoms with E-state index in [0.717, 1.165) is 24.6 Å². The van der Waals surface area contributed by atoms with Crippen molar-refractivity contribution in [2.75, 3.05) is 0 Å². The molecule has 1 aromatic rings. The van der Waals surface area contributed by atoms with Crippen LogP contribution < -0.4 is 4.46 Å². The summed E-state index contributed by atoms with van der Waals surface area (Å²) >= 11 is 0.420. The SMILES string of the molecule is C=CCCCCCCC(O)C[Se]c1ccccc1. The summed E-state index contributed by atoms with van der Waals surface area (Å²) in [6.07, 6.45) is 8.87. The van der Waals surface area contributed by atoms with Crippen molar-refractivity contribution < 1.29 is 5.11 Å². The standard InChI is InChI=1S/C16H24OSe/c1-2-3-4-5-6-8-11-15(17)14-18-16-12-9-7-10-13-16/h2,7,9-10,12-13,15,17H,1,3-6,8,11,14H2. The van der Waals surface area contributed by atoms with Crippen LogP contribution in [0.2, 0.25) is 5.32 Å². The Kier molecular flexibility index (Phi) is 8.93. The van der Waals surface area contributed by atoms with Crippen molar-refractivity contribution in [3.63, 3.8) is 0 Å². The van der Waals surface area contributed by atoms with E-state index in [1.807, 2.05) is 12.1 Å². The Hall–Kier alpha value is -0.561. The van der Waals surface area contributed by atoms with Gasteiger partial charge in [-0.1, -0.05) is 0 Å². The van der Waals surface area contributed by atoms with Crippen molar-refractivity contribution in [3.8, 4) is 0 Å². The second-order valence-corrected chi connectivity index (χ2v) is 6.85. The topological polar surface area (TPSA) is 20.2 Å². The van der Waals surface area contributed by atoms with Gasteiger partial charge in [0, 0.05) is 0 Å². The molecular weight excluding hydrogens is 287 g/mol. The second kappa shape index (κ2) is 10.4. The first-order chi connectivity index (χ1) is 8.83. The minimum atomic E-state index is -0.107. The molecule has 0 aliphatic rings. The molecule has 1 aromatic carbocycles. The summed E-state index contributed by atoms with van der Waals surface area (Å²) in [7, 11) is 0. The molecule has 0 saturated carbocycles. The monoisotopic (exact) mass is 312 g/mol. The molecule has 18 heavy (non-hydrogen) atoms. The van der Waals surface area contributed by atoms with Crippen molar-refractivity contribution in [1.82, 2.24) is 0 Å². The number of benzene rings is 1. The van der Waals surface area contributed by atoms with Crippen LogP contribution in [0.4, 0.5) is 0 Å². The van der Waals surface area contributed by atoms with Crippen LogP contribution in [0.25, 0.3) is 0 Å². The van der Waals surface area contributed by atoms with E-state index in [0.29, 0.717) is 15.0 Å². The van der Waals surface area contributed by atoms with E-state index in [9.17, 15) is 5.11 Å². The van der Waals surface area contributed by atoms with Gasteiger partial charge in [0.05, 0.1) is 0 Å². The zero-order valence-electron chi connectivity index (χ0n) is 11.1. The number of hydrogen-bond acceptors (Lipinski definition) is 1. The fourth-order valence-corrected chi connectivity index (χ4v) is 3.71. The molecule has 0 saturated heterocycles. The Morgan fingerprint density at radius 3 is 2.56 bits per heavy atom. The van der Waals surface area contributed by atoms with Crippen LogP contribution in [0.15, 0.2) is 43.0 Å². The molecule has 0 aliphatic carbocycles. The quantitative estimate of drug-likeness (QED) is 0.399. The third-order valence-electron chi connectivity index (χ3n) is 2.88. The van der Waals surface area contributed by atoms with Crippen LogP contribution in [0.3, 0.4) is 0 Å². The van der Waals surface area contributed by atoms with E-state index in [1.54, 1.807) is 0 Å². The van der Waals surface area contributed by atoms with Crippen molar-refractivity contribution in [2.24, 2.45) is 0 Å². The fraction of sp³-hybridized carbons (Fsp3) is 0.500. The van der Waals surface area contributed by atoms with Gasteiger partial charge in [-0.05, 0) is 0 Å². The molecule has 2 heteroatoms. The Balaban J connectivity index is 2.00. The Bertz CT molecular complexity index is 310. The Morgan fingerprint density at radius 1 is 1.11 bits per heavy atom. The second-order valence-electron chi connectivity index (χ2n) is 4.56. The van der Waals surface area contributed by atoms with Crippen LogP contribution in [0.5, 0.6) is 0 Å². The zero-order valence-corrected chi connectivity index (χ0v) is 12.8. The molecule has 0 amide bonds. The van der Waals surface area contributed by atoms with Crippen LogP contribution >= 0.6 is 0 Å². The summed E-state index contributed by atoms with van der Waals surface area (Å²) < 4.78 is 1.38. The normalized spacial score (nSPS) is 12.3. The predicted octanol–water partition coefficient (Wildman–Crippen LogP) is 3.32. The van der Waals surface area contributed by atoms with Crippen LogP contribution in [-0.4, -0.2) is 26.2 Å². The van der Waals surface area contributed by atoms with E-state index < -0.39 is 0 Å². The first kappa shape index (κ1) is 15.5. The van der Waals surface area contributed by atoms with E-state index in [-0.39, 0.29) is 6.10 Å². The van der Waals surface area contributed by atoms with Gasteiger partial charge in [-0.15, -0.1) is 0 Å². The number of hydrogen-bond donors (Lipinski definition) is 1. The molecule has 0 aromatic heterocycles. The van der Waals surface area contributed by atoms with Crippen molar-refractivity contribution in [1.29, 1.82) is 0 Å². The van der Waals surface area contributed by atoms with Gasteiger partial charge in [-0.2, -0.15) is 0 Å². The molecule has 0 heterocycles. The first-order valence-corrected chi connectivity index (χ1v) is 8.86. The zero-order chi connectivity index (χ0) is 13.1. The molecule has 1 unspecified atom stereocenters. The number of allylic oxidation sites excluding steroid dienone is 1. The summed E-state index contributed by atoms with van der Waals surface area (Å²) in [4.78, 5) is 0. The van der Waals surface area contributed by atoms with Crippen LogP contribution in [0.1, 0.15) is 38.5 Å². The number of unbranched alkanes of at least 4 members (excludes halogenated alkanes) is 4. The maximum atomic E-state index is 9.91. The predicted molar refractivity (Wildman–Crippen MR) is 80.5 cm³/mol. The van der Waals surface area contributed by atoms with Crippen molar-refractivity contribution in [2.45, 2.75) is 49.9 Å². The Morgan fingerprint density at radius 2 is 1.83 bits per heavy atom. The minimum absolute atomic E-state index is 0.107. The van der Waals surface area contributed by atoms with Crippen LogP contribution in [-0.2, 0) is 0 Å². The molecule has 1 nitrogen and oxygen atoms in total. The number of aliphatic hydroxyl groups is 1. The summed E-state index contributed by atoms with van der Waals surface area (Å²) in [5, 5.41) is 10.9. The van der Waals surface area contributed by atoms with E-state index in [4.69, 9.17) is 0 Å². The van der Waals surface area contributed by atoms with Gasteiger partial charge in [0.25, 0.3) is 0 Å². The summed E-state index contributed by atoms with van der Waals surface area (Å²) in [5.41, 5.74) is 0. The molecule has 100 valence electrons. The Labute approximate surface area is 117 Å². The molecule has 0 fully saturated rings. The van der Waals surface area contributed by atoms with Gasteiger partial charge in [0.1, 0.15) is 0 Å². The molecule has 0 radical (unpaired) electrons. The average molecular weight is 311 g/mol. The molecule has 0 spiro atoms. The van der Waals surface area contributed by atoms with Gasteiger partial charge in [-0.25, -0.2) is 0 Å². The first-order valence-electron chi connectivity index (χ1n) is 6.79. The summed E-state index contributed by atoms with van der Waals surface area (Å²) in [5.74, 6) is 0. The average Bonchev–Trinajstić information content (AvgIpc) is 2.41. The fourth-order valence-electron chi connectivity index (χ4n) is 1.81. The number of rotatable bonds is 10. The van der Waals surface area contributed by atoms with Gasteiger partial charge in [0.2, 0.25) is 0 Å². The molecule has 0 aliphatic heterocycles. The molecule has 1 atom stereocenters. The van der Waals surface area contributed by atoms with Gasteiger partial charge in [-0.3, -0.25) is 0 Å². The molecular formula is C16H24OSe. The van der Waals surface area contributed by atoms with Gasteiger partial charge < -0.3 is 0 Å². The van der Waals surface area contributed by atoms with E-state index >= 15 is 0 Å². The molecule has 1 N–H and O–H groups in total. The van der Waals surface area contributed by atoms with E-state index in [2.05, 4.69) is 30.8 Å². The van der Waals surface area contributed by atoms with E-state index in [1.165, 1.54) is 23.7 Å². The summed E-state index contributed by atoms with van der Waals surface area (Å²) in [6.45, 7) is 3.72. The van der Waals surface area contributed by atoms with Gasteiger partial charge >= 0.3 is 117 Å². The third kappa shape index (κ3) is 7.71. The van der Waals surface area contributed by atoms with Crippen LogP contribution in [0, 0.1) is 0 Å². The summed E-state index contributed by atoms with van der Waals surface area (Å²) in [6, 6.07) is 10.5. The third-order valence-corrected chi connectivity index (χ3v) is 5.31.